The Bertz CT molecular complexity index is 1180. The molecule has 28 heavy (non-hydrogen) atoms. The van der Waals surface area contributed by atoms with Gasteiger partial charge in [0, 0.05) is 33.5 Å². The van der Waals surface area contributed by atoms with Crippen molar-refractivity contribution in [3.63, 3.8) is 0 Å². The monoisotopic (exact) mass is 370 g/mol. The summed E-state index contributed by atoms with van der Waals surface area (Å²) in [6, 6.07) is 18.1. The molecule has 2 heterocycles. The first-order valence-corrected chi connectivity index (χ1v) is 9.23. The van der Waals surface area contributed by atoms with Crippen LogP contribution in [-0.2, 0) is 4.74 Å². The maximum absolute atomic E-state index is 11.8. The van der Waals surface area contributed by atoms with E-state index in [1.807, 2.05) is 32.0 Å². The zero-order valence-corrected chi connectivity index (χ0v) is 16.5. The van der Waals surface area contributed by atoms with Gasteiger partial charge >= 0.3 is 5.97 Å². The van der Waals surface area contributed by atoms with Crippen LogP contribution in [0.2, 0.25) is 0 Å². The topological polar surface area (TPSA) is 55.0 Å². The first kappa shape index (κ1) is 18.0. The summed E-state index contributed by atoms with van der Waals surface area (Å²) in [5.74, 6) is -0.329. The zero-order chi connectivity index (χ0) is 19.8. The molecule has 2 aromatic carbocycles. The Morgan fingerprint density at radius 2 is 1.61 bits per heavy atom. The van der Waals surface area contributed by atoms with Crippen molar-refractivity contribution in [2.45, 2.75) is 20.8 Å². The van der Waals surface area contributed by atoms with Crippen LogP contribution >= 0.6 is 0 Å². The van der Waals surface area contributed by atoms with Gasteiger partial charge in [0.2, 0.25) is 0 Å². The normalized spacial score (nSPS) is 11.0. The van der Waals surface area contributed by atoms with Crippen LogP contribution < -0.4 is 0 Å². The van der Waals surface area contributed by atoms with Crippen molar-refractivity contribution in [3.05, 3.63) is 77.1 Å². The van der Waals surface area contributed by atoms with Gasteiger partial charge < -0.3 is 9.72 Å². The van der Waals surface area contributed by atoms with Gasteiger partial charge in [0.15, 0.2) is 0 Å². The molecule has 4 aromatic rings. The number of nitrogens with one attached hydrogen (secondary N) is 1. The van der Waals surface area contributed by atoms with Crippen molar-refractivity contribution in [1.82, 2.24) is 9.97 Å². The number of rotatable bonds is 3. The molecule has 4 rings (SSSR count). The standard InChI is InChI=1S/C24H22N2O2/c1-14-10-20(11-15(2)25-14)23-16(3)21-9-8-18(13-22(21)26-23)17-6-5-7-19(12-17)24(27)28-4/h5-13,26H,1-4H3. The summed E-state index contributed by atoms with van der Waals surface area (Å²) in [5.41, 5.74) is 9.14. The maximum Gasteiger partial charge on any atom is 0.337 e. The molecule has 0 radical (unpaired) electrons. The van der Waals surface area contributed by atoms with Crippen LogP contribution in [0.15, 0.2) is 54.6 Å². The highest BCUT2D eigenvalue weighted by Crippen LogP contribution is 2.33. The van der Waals surface area contributed by atoms with E-state index in [0.29, 0.717) is 5.56 Å². The molecule has 140 valence electrons. The quantitative estimate of drug-likeness (QED) is 0.477. The fraction of sp³-hybridized carbons (Fsp3) is 0.167. The van der Waals surface area contributed by atoms with E-state index in [4.69, 9.17) is 4.74 Å². The molecule has 0 saturated carbocycles. The van der Waals surface area contributed by atoms with Gasteiger partial charge in [0.25, 0.3) is 0 Å². The Morgan fingerprint density at radius 3 is 2.32 bits per heavy atom. The van der Waals surface area contributed by atoms with E-state index >= 15 is 0 Å². The minimum atomic E-state index is -0.329. The average Bonchev–Trinajstić information content (AvgIpc) is 3.03. The Balaban J connectivity index is 1.81. The van der Waals surface area contributed by atoms with E-state index < -0.39 is 0 Å². The highest BCUT2D eigenvalue weighted by atomic mass is 16.5. The minimum Gasteiger partial charge on any atom is -0.465 e. The molecule has 0 atom stereocenters. The third kappa shape index (κ3) is 3.18. The van der Waals surface area contributed by atoms with Gasteiger partial charge in [-0.1, -0.05) is 24.3 Å². The Labute approximate surface area is 164 Å². The van der Waals surface area contributed by atoms with E-state index in [9.17, 15) is 4.79 Å². The lowest BCUT2D eigenvalue weighted by molar-refractivity contribution is 0.0601. The molecular weight excluding hydrogens is 348 g/mol. The molecule has 2 aromatic heterocycles. The lowest BCUT2D eigenvalue weighted by Crippen LogP contribution is -2.00. The Kier molecular flexibility index (Phi) is 4.47. The number of pyridine rings is 1. The van der Waals surface area contributed by atoms with Crippen molar-refractivity contribution in [3.8, 4) is 22.4 Å². The molecule has 1 N–H and O–H groups in total. The molecule has 0 aliphatic rings. The van der Waals surface area contributed by atoms with Crippen LogP contribution in [0.5, 0.6) is 0 Å². The van der Waals surface area contributed by atoms with Gasteiger partial charge in [0.1, 0.15) is 0 Å². The lowest BCUT2D eigenvalue weighted by Gasteiger charge is -2.05. The van der Waals surface area contributed by atoms with Gasteiger partial charge in [-0.2, -0.15) is 0 Å². The number of carbonyl (C=O) groups is 1. The molecule has 0 bridgehead atoms. The highest BCUT2D eigenvalue weighted by molar-refractivity contribution is 5.94. The zero-order valence-electron chi connectivity index (χ0n) is 16.5. The van der Waals surface area contributed by atoms with Crippen LogP contribution in [-0.4, -0.2) is 23.0 Å². The lowest BCUT2D eigenvalue weighted by atomic mass is 10.0. The summed E-state index contributed by atoms with van der Waals surface area (Å²) in [6.45, 7) is 6.17. The number of nitrogens with zero attached hydrogens (tertiary/aromatic N) is 1. The van der Waals surface area contributed by atoms with Crippen molar-refractivity contribution in [2.75, 3.05) is 7.11 Å². The van der Waals surface area contributed by atoms with Crippen LogP contribution in [0.3, 0.4) is 0 Å². The average molecular weight is 370 g/mol. The number of carbonyl (C=O) groups excluding carboxylic acids is 1. The third-order valence-electron chi connectivity index (χ3n) is 5.05. The second kappa shape index (κ2) is 6.97. The predicted molar refractivity (Wildman–Crippen MR) is 113 cm³/mol. The second-order valence-electron chi connectivity index (χ2n) is 7.10. The maximum atomic E-state index is 11.8. The first-order chi connectivity index (χ1) is 13.5. The fourth-order valence-corrected chi connectivity index (χ4v) is 3.73. The fourth-order valence-electron chi connectivity index (χ4n) is 3.73. The summed E-state index contributed by atoms with van der Waals surface area (Å²) in [6.07, 6.45) is 0. The number of methoxy groups -OCH3 is 1. The minimum absolute atomic E-state index is 0.329. The molecule has 4 heteroatoms. The second-order valence-corrected chi connectivity index (χ2v) is 7.10. The molecule has 0 saturated heterocycles. The number of aromatic nitrogens is 2. The summed E-state index contributed by atoms with van der Waals surface area (Å²) in [4.78, 5) is 19.9. The van der Waals surface area contributed by atoms with Gasteiger partial charge in [-0.3, -0.25) is 4.98 Å². The molecule has 0 unspecified atom stereocenters. The third-order valence-corrected chi connectivity index (χ3v) is 5.05. The molecular formula is C24H22N2O2. The molecule has 0 aliphatic heterocycles. The van der Waals surface area contributed by atoms with Crippen molar-refractivity contribution >= 4 is 16.9 Å². The van der Waals surface area contributed by atoms with Gasteiger partial charge in [0.05, 0.1) is 12.7 Å². The summed E-state index contributed by atoms with van der Waals surface area (Å²) < 4.78 is 4.83. The number of aryl methyl sites for hydroxylation is 3. The van der Waals surface area contributed by atoms with Crippen LogP contribution in [0, 0.1) is 20.8 Å². The summed E-state index contributed by atoms with van der Waals surface area (Å²) >= 11 is 0. The number of aromatic amines is 1. The SMILES string of the molecule is COC(=O)c1cccc(-c2ccc3c(C)c(-c4cc(C)nc(C)c4)[nH]c3c2)c1. The van der Waals surface area contributed by atoms with E-state index in [0.717, 1.165) is 39.3 Å². The van der Waals surface area contributed by atoms with Crippen LogP contribution in [0.25, 0.3) is 33.3 Å². The smallest absolute Gasteiger partial charge is 0.337 e. The van der Waals surface area contributed by atoms with Crippen molar-refractivity contribution < 1.29 is 9.53 Å². The van der Waals surface area contributed by atoms with E-state index in [-0.39, 0.29) is 5.97 Å². The van der Waals surface area contributed by atoms with Gasteiger partial charge in [-0.05, 0) is 67.8 Å². The number of H-pyrrole nitrogens is 1. The number of fused-ring (bicyclic) bond motifs is 1. The summed E-state index contributed by atoms with van der Waals surface area (Å²) in [5, 5.41) is 1.19. The molecule has 0 fully saturated rings. The number of benzene rings is 2. The molecule has 4 nitrogen and oxygen atoms in total. The van der Waals surface area contributed by atoms with E-state index in [1.165, 1.54) is 18.1 Å². The van der Waals surface area contributed by atoms with Crippen molar-refractivity contribution in [2.24, 2.45) is 0 Å². The first-order valence-electron chi connectivity index (χ1n) is 9.23. The van der Waals surface area contributed by atoms with Crippen LogP contribution in [0.4, 0.5) is 0 Å². The van der Waals surface area contributed by atoms with E-state index in [1.54, 1.807) is 6.07 Å². The number of esters is 1. The summed E-state index contributed by atoms with van der Waals surface area (Å²) in [7, 11) is 1.40. The molecule has 0 spiro atoms. The van der Waals surface area contributed by atoms with E-state index in [2.05, 4.69) is 47.2 Å². The van der Waals surface area contributed by atoms with Crippen molar-refractivity contribution in [1.29, 1.82) is 0 Å². The Morgan fingerprint density at radius 1 is 0.893 bits per heavy atom. The highest BCUT2D eigenvalue weighted by Gasteiger charge is 2.12. The largest absolute Gasteiger partial charge is 0.465 e. The van der Waals surface area contributed by atoms with Gasteiger partial charge in [-0.25, -0.2) is 4.79 Å². The molecule has 0 amide bonds. The Hall–Kier alpha value is -3.40. The number of hydrogen-bond donors (Lipinski definition) is 1. The predicted octanol–water partition coefficient (Wildman–Crippen LogP) is 5.61. The van der Waals surface area contributed by atoms with Gasteiger partial charge in [-0.15, -0.1) is 0 Å². The number of hydrogen-bond acceptors (Lipinski definition) is 3. The molecule has 0 aliphatic carbocycles. The van der Waals surface area contributed by atoms with Crippen LogP contribution in [0.1, 0.15) is 27.3 Å². The number of ether oxygens (including phenoxy) is 1.